The summed E-state index contributed by atoms with van der Waals surface area (Å²) in [6.45, 7) is 3.99. The Morgan fingerprint density at radius 2 is 1.89 bits per heavy atom. The highest BCUT2D eigenvalue weighted by molar-refractivity contribution is 7.71. The number of aromatic nitrogens is 2. The summed E-state index contributed by atoms with van der Waals surface area (Å²) in [7, 11) is 0. The molecular weight excluding hydrogens is 276 g/mol. The van der Waals surface area contributed by atoms with Crippen molar-refractivity contribution in [3.8, 4) is 5.69 Å². The first-order valence-electron chi connectivity index (χ1n) is 5.90. The molecule has 2 aromatic heterocycles. The molecule has 3 rings (SSSR count). The van der Waals surface area contributed by atoms with Gasteiger partial charge in [0.25, 0.3) is 5.56 Å². The predicted molar refractivity (Wildman–Crippen MR) is 82.1 cm³/mol. The molecule has 0 saturated heterocycles. The monoisotopic (exact) mass is 288 g/mol. The molecule has 0 fully saturated rings. The smallest absolute Gasteiger partial charge is 0.267 e. The van der Waals surface area contributed by atoms with Crippen molar-refractivity contribution in [2.24, 2.45) is 0 Å². The third-order valence-electron chi connectivity index (χ3n) is 3.24. The van der Waals surface area contributed by atoms with Gasteiger partial charge in [-0.1, -0.05) is 18.2 Å². The van der Waals surface area contributed by atoms with Gasteiger partial charge in [0.2, 0.25) is 0 Å². The van der Waals surface area contributed by atoms with E-state index in [1.54, 1.807) is 15.9 Å². The number of hydrogen-bond acceptors (Lipinski definition) is 3. The van der Waals surface area contributed by atoms with Crippen LogP contribution in [0.25, 0.3) is 15.9 Å². The topological polar surface area (TPSA) is 37.8 Å². The van der Waals surface area contributed by atoms with Crippen molar-refractivity contribution in [3.05, 3.63) is 55.9 Å². The van der Waals surface area contributed by atoms with E-state index in [1.807, 2.05) is 44.2 Å². The summed E-state index contributed by atoms with van der Waals surface area (Å²) in [5, 5.41) is 0.736. The van der Waals surface area contributed by atoms with E-state index in [0.29, 0.717) is 4.77 Å². The minimum absolute atomic E-state index is 0.0493. The Labute approximate surface area is 119 Å². The molecule has 0 bridgehead atoms. The molecule has 0 aliphatic rings. The maximum absolute atomic E-state index is 12.7. The Morgan fingerprint density at radius 3 is 2.58 bits per heavy atom. The van der Waals surface area contributed by atoms with Crippen molar-refractivity contribution in [2.45, 2.75) is 13.8 Å². The number of fused-ring (bicyclic) bond motifs is 1. The largest absolute Gasteiger partial charge is 0.323 e. The molecule has 96 valence electrons. The molecule has 0 aliphatic carbocycles. The highest BCUT2D eigenvalue weighted by Crippen LogP contribution is 2.26. The average molecular weight is 288 g/mol. The van der Waals surface area contributed by atoms with Gasteiger partial charge in [-0.15, -0.1) is 11.3 Å². The molecule has 5 heteroatoms. The Kier molecular flexibility index (Phi) is 2.88. The SMILES string of the molecule is Cc1sc2[nH]c(=S)n(-c3ccccc3)c(=O)c2c1C. The van der Waals surface area contributed by atoms with Crippen LogP contribution in [0.2, 0.25) is 0 Å². The Bertz CT molecular complexity index is 872. The standard InChI is InChI=1S/C14H12N2OS2/c1-8-9(2)19-12-11(8)13(17)16(14(18)15-12)10-6-4-3-5-7-10/h3-7H,1-2H3,(H,15,18). The fourth-order valence-electron chi connectivity index (χ4n) is 2.14. The third kappa shape index (κ3) is 1.86. The second-order valence-corrected chi connectivity index (χ2v) is 6.01. The van der Waals surface area contributed by atoms with E-state index < -0.39 is 0 Å². The quantitative estimate of drug-likeness (QED) is 0.693. The maximum atomic E-state index is 12.7. The summed E-state index contributed by atoms with van der Waals surface area (Å²) in [4.78, 5) is 17.8. The van der Waals surface area contributed by atoms with Gasteiger partial charge in [-0.25, -0.2) is 0 Å². The first-order chi connectivity index (χ1) is 9.09. The molecule has 0 aliphatic heterocycles. The van der Waals surface area contributed by atoms with Crippen LogP contribution in [0.1, 0.15) is 10.4 Å². The lowest BCUT2D eigenvalue weighted by Gasteiger charge is -2.06. The second kappa shape index (κ2) is 4.43. The van der Waals surface area contributed by atoms with Gasteiger partial charge in [-0.05, 0) is 43.8 Å². The molecule has 19 heavy (non-hydrogen) atoms. The zero-order valence-corrected chi connectivity index (χ0v) is 12.2. The molecule has 0 unspecified atom stereocenters. The van der Waals surface area contributed by atoms with Crippen LogP contribution in [0.4, 0.5) is 0 Å². The third-order valence-corrected chi connectivity index (χ3v) is 4.65. The molecule has 0 atom stereocenters. The molecule has 2 heterocycles. The minimum atomic E-state index is -0.0493. The summed E-state index contributed by atoms with van der Waals surface area (Å²) in [5.74, 6) is 0. The van der Waals surface area contributed by atoms with Crippen LogP contribution in [0.5, 0.6) is 0 Å². The molecule has 3 aromatic rings. The van der Waals surface area contributed by atoms with Gasteiger partial charge in [0.1, 0.15) is 4.83 Å². The zero-order chi connectivity index (χ0) is 13.6. The molecule has 0 amide bonds. The molecule has 0 spiro atoms. The van der Waals surface area contributed by atoms with Gasteiger partial charge >= 0.3 is 0 Å². The Balaban J connectivity index is 2.48. The molecule has 0 saturated carbocycles. The van der Waals surface area contributed by atoms with E-state index in [4.69, 9.17) is 12.2 Å². The van der Waals surface area contributed by atoms with Crippen LogP contribution in [0.15, 0.2) is 35.1 Å². The van der Waals surface area contributed by atoms with Crippen molar-refractivity contribution in [2.75, 3.05) is 0 Å². The molecule has 0 radical (unpaired) electrons. The Morgan fingerprint density at radius 1 is 1.21 bits per heavy atom. The second-order valence-electron chi connectivity index (χ2n) is 4.39. The summed E-state index contributed by atoms with van der Waals surface area (Å²) < 4.78 is 1.99. The normalized spacial score (nSPS) is 11.1. The van der Waals surface area contributed by atoms with Crippen molar-refractivity contribution in [3.63, 3.8) is 0 Å². The molecule has 1 N–H and O–H groups in total. The number of nitrogens with zero attached hydrogens (tertiary/aromatic N) is 1. The highest BCUT2D eigenvalue weighted by Gasteiger charge is 2.13. The number of rotatable bonds is 1. The zero-order valence-electron chi connectivity index (χ0n) is 10.6. The number of aromatic amines is 1. The lowest BCUT2D eigenvalue weighted by Crippen LogP contribution is -2.20. The summed E-state index contributed by atoms with van der Waals surface area (Å²) in [6, 6.07) is 9.47. The minimum Gasteiger partial charge on any atom is -0.323 e. The van der Waals surface area contributed by atoms with Gasteiger partial charge in [0.15, 0.2) is 4.77 Å². The number of thiophene rings is 1. The summed E-state index contributed by atoms with van der Waals surface area (Å²) >= 11 is 6.89. The van der Waals surface area contributed by atoms with Crippen LogP contribution in [-0.4, -0.2) is 9.55 Å². The first kappa shape index (κ1) is 12.3. The maximum Gasteiger partial charge on any atom is 0.267 e. The predicted octanol–water partition coefficient (Wildman–Crippen LogP) is 3.73. The number of hydrogen-bond donors (Lipinski definition) is 1. The number of benzene rings is 1. The van der Waals surface area contributed by atoms with Crippen molar-refractivity contribution in [1.82, 2.24) is 9.55 Å². The van der Waals surface area contributed by atoms with Crippen LogP contribution < -0.4 is 5.56 Å². The van der Waals surface area contributed by atoms with Crippen LogP contribution >= 0.6 is 23.6 Å². The number of H-pyrrole nitrogens is 1. The van der Waals surface area contributed by atoms with E-state index in [1.165, 1.54) is 0 Å². The number of nitrogens with one attached hydrogen (secondary N) is 1. The van der Waals surface area contributed by atoms with Crippen LogP contribution in [0, 0.1) is 18.6 Å². The van der Waals surface area contributed by atoms with E-state index in [0.717, 1.165) is 26.3 Å². The lowest BCUT2D eigenvalue weighted by molar-refractivity contribution is 0.942. The fourth-order valence-corrected chi connectivity index (χ4v) is 3.55. The average Bonchev–Trinajstić information content (AvgIpc) is 2.66. The van der Waals surface area contributed by atoms with Gasteiger partial charge in [0, 0.05) is 4.88 Å². The summed E-state index contributed by atoms with van der Waals surface area (Å²) in [6.07, 6.45) is 0. The van der Waals surface area contributed by atoms with Crippen molar-refractivity contribution < 1.29 is 0 Å². The van der Waals surface area contributed by atoms with Gasteiger partial charge in [-0.3, -0.25) is 9.36 Å². The van der Waals surface area contributed by atoms with Crippen LogP contribution in [0.3, 0.4) is 0 Å². The van der Waals surface area contributed by atoms with Crippen molar-refractivity contribution in [1.29, 1.82) is 0 Å². The van der Waals surface area contributed by atoms with Crippen LogP contribution in [-0.2, 0) is 0 Å². The Hall–Kier alpha value is -1.72. The molecule has 1 aromatic carbocycles. The highest BCUT2D eigenvalue weighted by atomic mass is 32.1. The molecular formula is C14H12N2OS2. The van der Waals surface area contributed by atoms with Gasteiger partial charge < -0.3 is 4.98 Å². The lowest BCUT2D eigenvalue weighted by atomic mass is 10.2. The van der Waals surface area contributed by atoms with E-state index >= 15 is 0 Å². The van der Waals surface area contributed by atoms with E-state index in [-0.39, 0.29) is 5.56 Å². The number of para-hydroxylation sites is 1. The first-order valence-corrected chi connectivity index (χ1v) is 7.12. The summed E-state index contributed by atoms with van der Waals surface area (Å²) in [5.41, 5.74) is 1.77. The van der Waals surface area contributed by atoms with E-state index in [9.17, 15) is 4.79 Å². The van der Waals surface area contributed by atoms with Gasteiger partial charge in [0.05, 0.1) is 11.1 Å². The molecule has 3 nitrogen and oxygen atoms in total. The van der Waals surface area contributed by atoms with Crippen molar-refractivity contribution >= 4 is 33.8 Å². The van der Waals surface area contributed by atoms with Gasteiger partial charge in [-0.2, -0.15) is 0 Å². The fraction of sp³-hybridized carbons (Fsp3) is 0.143. The number of aryl methyl sites for hydroxylation is 2. The van der Waals surface area contributed by atoms with E-state index in [2.05, 4.69) is 4.98 Å².